The Morgan fingerprint density at radius 3 is 2.37 bits per heavy atom. The van der Waals surface area contributed by atoms with E-state index in [0.717, 1.165) is 56.5 Å². The molecule has 2 aliphatic rings. The number of nitrogens with zero attached hydrogens (tertiary/aromatic N) is 2. The topological polar surface area (TPSA) is 41.7 Å². The molecule has 1 aromatic carbocycles. The minimum atomic E-state index is -4.57. The minimum absolute atomic E-state index is 0.113. The van der Waals surface area contributed by atoms with E-state index in [9.17, 15) is 17.6 Å². The van der Waals surface area contributed by atoms with Gasteiger partial charge in [0, 0.05) is 18.0 Å². The molecule has 2 aliphatic heterocycles. The predicted octanol–water partition coefficient (Wildman–Crippen LogP) is 5.52. The Balaban J connectivity index is 1.75. The van der Waals surface area contributed by atoms with E-state index in [-0.39, 0.29) is 28.7 Å². The first-order valence-corrected chi connectivity index (χ1v) is 12.2. The van der Waals surface area contributed by atoms with Gasteiger partial charge in [-0.25, -0.2) is 4.39 Å². The van der Waals surface area contributed by atoms with Gasteiger partial charge in [0.25, 0.3) is 0 Å². The van der Waals surface area contributed by atoms with Crippen LogP contribution in [0.3, 0.4) is 0 Å². The summed E-state index contributed by atoms with van der Waals surface area (Å²) in [6.07, 6.45) is 0.251. The van der Waals surface area contributed by atoms with Crippen molar-refractivity contribution >= 4 is 0 Å². The second-order valence-corrected chi connectivity index (χ2v) is 9.97. The Morgan fingerprint density at radius 1 is 1.20 bits per heavy atom. The minimum Gasteiger partial charge on any atom is -0.385 e. The average Bonchev–Trinajstić information content (AvgIpc) is 3.24. The van der Waals surface area contributed by atoms with Crippen LogP contribution in [0.1, 0.15) is 45.1 Å². The molecule has 0 amide bonds. The van der Waals surface area contributed by atoms with Crippen LogP contribution >= 0.6 is 0 Å². The van der Waals surface area contributed by atoms with Gasteiger partial charge in [0.05, 0.1) is 24.1 Å². The lowest BCUT2D eigenvalue weighted by Gasteiger charge is -2.41. The van der Waals surface area contributed by atoms with Gasteiger partial charge >= 0.3 is 6.18 Å². The van der Waals surface area contributed by atoms with E-state index in [4.69, 9.17) is 10.5 Å². The molecular formula is C27H37F4N3O. The summed E-state index contributed by atoms with van der Waals surface area (Å²) in [4.78, 5) is 4.02. The van der Waals surface area contributed by atoms with Crippen molar-refractivity contribution in [2.24, 2.45) is 5.73 Å². The number of hydrogen-bond acceptors (Lipinski definition) is 4. The van der Waals surface area contributed by atoms with Crippen molar-refractivity contribution in [3.05, 3.63) is 71.3 Å². The van der Waals surface area contributed by atoms with Gasteiger partial charge in [-0.3, -0.25) is 0 Å². The van der Waals surface area contributed by atoms with Gasteiger partial charge in [-0.2, -0.15) is 13.2 Å². The molecule has 0 spiro atoms. The number of rotatable bonds is 8. The molecule has 2 saturated heterocycles. The van der Waals surface area contributed by atoms with Gasteiger partial charge in [0.15, 0.2) is 0 Å². The summed E-state index contributed by atoms with van der Waals surface area (Å²) in [5.41, 5.74) is 6.06. The fourth-order valence-corrected chi connectivity index (χ4v) is 4.84. The Hall–Kier alpha value is -2.32. The first-order valence-electron chi connectivity index (χ1n) is 12.2. The van der Waals surface area contributed by atoms with Gasteiger partial charge in [-0.1, -0.05) is 18.7 Å². The molecule has 0 bridgehead atoms. The molecule has 3 rings (SSSR count). The molecule has 0 radical (unpaired) electrons. The van der Waals surface area contributed by atoms with Gasteiger partial charge in [-0.15, -0.1) is 0 Å². The highest BCUT2D eigenvalue weighted by atomic mass is 19.4. The standard InChI is InChI=1S/C27H37F4N3O/c1-19(16-23(27(29,30)31)17-25(32)34-13-5-6-20(34)2)21(3)35-18-26(11-14-33(4)15-12-26)22-7-9-24(28)10-8-22/h7-10,16-17,20-21H,1,5-6,11-15,18,32H2,2-4H3/b23-16+,25-17+/t20-,21?/m0/s1. The van der Waals surface area contributed by atoms with Crippen LogP contribution in [0, 0.1) is 5.82 Å². The largest absolute Gasteiger partial charge is 0.416 e. The number of ether oxygens (including phenoxy) is 1. The Labute approximate surface area is 206 Å². The van der Waals surface area contributed by atoms with Gasteiger partial charge in [-0.05, 0) is 95.1 Å². The van der Waals surface area contributed by atoms with Crippen molar-refractivity contribution in [3.63, 3.8) is 0 Å². The third-order valence-corrected chi connectivity index (χ3v) is 7.39. The van der Waals surface area contributed by atoms with Crippen LogP contribution < -0.4 is 5.73 Å². The van der Waals surface area contributed by atoms with Crippen LogP contribution in [0.15, 0.2) is 60.0 Å². The average molecular weight is 496 g/mol. The van der Waals surface area contributed by atoms with E-state index in [1.54, 1.807) is 24.0 Å². The van der Waals surface area contributed by atoms with Crippen LogP contribution in [0.25, 0.3) is 0 Å². The van der Waals surface area contributed by atoms with E-state index in [2.05, 4.69) is 11.5 Å². The van der Waals surface area contributed by atoms with Gasteiger partial charge in [0.1, 0.15) is 5.82 Å². The zero-order chi connectivity index (χ0) is 25.8. The van der Waals surface area contributed by atoms with E-state index in [1.165, 1.54) is 12.1 Å². The SMILES string of the molecule is C=C(/C=C(\C=C(/N)N1CCC[C@@H]1C)C(F)(F)F)C(C)OCC1(c2ccc(F)cc2)CCN(C)CC1. The molecule has 8 heteroatoms. The monoisotopic (exact) mass is 495 g/mol. The summed E-state index contributed by atoms with van der Waals surface area (Å²) < 4.78 is 61.1. The molecule has 2 heterocycles. The molecule has 2 fully saturated rings. The summed E-state index contributed by atoms with van der Waals surface area (Å²) in [5, 5.41) is 0. The Kier molecular flexibility index (Phi) is 8.70. The van der Waals surface area contributed by atoms with Crippen LogP contribution in [0.4, 0.5) is 17.6 Å². The summed E-state index contributed by atoms with van der Waals surface area (Å²) >= 11 is 0. The molecule has 0 aromatic heterocycles. The molecule has 1 unspecified atom stereocenters. The number of alkyl halides is 3. The lowest BCUT2D eigenvalue weighted by molar-refractivity contribution is -0.0885. The second kappa shape index (κ2) is 11.2. The first kappa shape index (κ1) is 27.3. The van der Waals surface area contributed by atoms with E-state index >= 15 is 0 Å². The van der Waals surface area contributed by atoms with Crippen molar-refractivity contribution in [3.8, 4) is 0 Å². The molecule has 2 atom stereocenters. The maximum absolute atomic E-state index is 13.8. The smallest absolute Gasteiger partial charge is 0.385 e. The third-order valence-electron chi connectivity index (χ3n) is 7.39. The Morgan fingerprint density at radius 2 is 1.83 bits per heavy atom. The van der Waals surface area contributed by atoms with Crippen molar-refractivity contribution in [1.29, 1.82) is 0 Å². The van der Waals surface area contributed by atoms with Gasteiger partial charge < -0.3 is 20.3 Å². The fourth-order valence-electron chi connectivity index (χ4n) is 4.84. The molecular weight excluding hydrogens is 458 g/mol. The number of piperidine rings is 1. The summed E-state index contributed by atoms with van der Waals surface area (Å²) in [6, 6.07) is 6.54. The highest BCUT2D eigenvalue weighted by Crippen LogP contribution is 2.37. The summed E-state index contributed by atoms with van der Waals surface area (Å²) in [6.45, 7) is 10.2. The number of benzene rings is 1. The van der Waals surface area contributed by atoms with E-state index in [1.807, 2.05) is 14.0 Å². The number of halogens is 4. The summed E-state index contributed by atoms with van der Waals surface area (Å²) in [7, 11) is 2.05. The number of allylic oxidation sites excluding steroid dienone is 2. The number of likely N-dealkylation sites (tertiary alicyclic amines) is 2. The molecule has 2 N–H and O–H groups in total. The van der Waals surface area contributed by atoms with Gasteiger partial charge in [0.2, 0.25) is 0 Å². The second-order valence-electron chi connectivity index (χ2n) is 9.97. The zero-order valence-electron chi connectivity index (χ0n) is 20.9. The molecule has 1 aromatic rings. The predicted molar refractivity (Wildman–Crippen MR) is 131 cm³/mol. The van der Waals surface area contributed by atoms with Crippen molar-refractivity contribution in [2.75, 3.05) is 33.3 Å². The van der Waals surface area contributed by atoms with Crippen LogP contribution in [0.2, 0.25) is 0 Å². The number of nitrogens with two attached hydrogens (primary N) is 1. The molecule has 194 valence electrons. The highest BCUT2D eigenvalue weighted by molar-refractivity contribution is 5.35. The lowest BCUT2D eigenvalue weighted by atomic mass is 9.73. The maximum Gasteiger partial charge on any atom is 0.416 e. The molecule has 0 aliphatic carbocycles. The third kappa shape index (κ3) is 6.88. The van der Waals surface area contributed by atoms with Crippen LogP contribution in [-0.4, -0.2) is 61.4 Å². The van der Waals surface area contributed by atoms with E-state index in [0.29, 0.717) is 13.2 Å². The van der Waals surface area contributed by atoms with Crippen LogP contribution in [-0.2, 0) is 10.2 Å². The molecule has 35 heavy (non-hydrogen) atoms. The zero-order valence-corrected chi connectivity index (χ0v) is 20.9. The fraction of sp³-hybridized carbons (Fsp3) is 0.556. The van der Waals surface area contributed by atoms with Crippen molar-refractivity contribution < 1.29 is 22.3 Å². The highest BCUT2D eigenvalue weighted by Gasteiger charge is 2.37. The van der Waals surface area contributed by atoms with E-state index < -0.39 is 17.9 Å². The normalized spacial score (nSPS) is 22.9. The number of hydrogen-bond donors (Lipinski definition) is 1. The van der Waals surface area contributed by atoms with Crippen molar-refractivity contribution in [1.82, 2.24) is 9.80 Å². The summed E-state index contributed by atoms with van der Waals surface area (Å²) in [5.74, 6) is -0.193. The lowest BCUT2D eigenvalue weighted by Crippen LogP contribution is -2.44. The first-order chi connectivity index (χ1) is 16.4. The van der Waals surface area contributed by atoms with Crippen molar-refractivity contribution in [2.45, 2.75) is 63.3 Å². The maximum atomic E-state index is 13.8. The molecule has 0 saturated carbocycles. The Bertz CT molecular complexity index is 931. The van der Waals surface area contributed by atoms with Crippen LogP contribution in [0.5, 0.6) is 0 Å². The quantitative estimate of drug-likeness (QED) is 0.381. The molecule has 4 nitrogen and oxygen atoms in total.